The molecule has 8 heteroatoms. The van der Waals surface area contributed by atoms with E-state index in [0.29, 0.717) is 47.7 Å². The molecule has 3 aromatic rings. The van der Waals surface area contributed by atoms with E-state index in [-0.39, 0.29) is 0 Å². The summed E-state index contributed by atoms with van der Waals surface area (Å²) < 4.78 is 0. The van der Waals surface area contributed by atoms with Crippen molar-refractivity contribution in [3.63, 3.8) is 0 Å². The monoisotopic (exact) mass is 430 g/mol. The highest BCUT2D eigenvalue weighted by atomic mass is 35.5. The number of nitrogens with one attached hydrogen (secondary N) is 1. The summed E-state index contributed by atoms with van der Waals surface area (Å²) in [5.74, 6) is 0.457. The third kappa shape index (κ3) is 6.07. The fourth-order valence-corrected chi connectivity index (χ4v) is 3.31. The van der Waals surface area contributed by atoms with Crippen molar-refractivity contribution in [1.29, 1.82) is 0 Å². The van der Waals surface area contributed by atoms with E-state index in [1.165, 1.54) is 4.90 Å². The highest BCUT2D eigenvalue weighted by molar-refractivity contribution is 6.36. The van der Waals surface area contributed by atoms with Crippen LogP contribution in [0.5, 0.6) is 0 Å². The van der Waals surface area contributed by atoms with Crippen molar-refractivity contribution in [3.05, 3.63) is 76.4 Å². The average molecular weight is 431 g/mol. The van der Waals surface area contributed by atoms with Crippen LogP contribution in [0.2, 0.25) is 10.0 Å². The van der Waals surface area contributed by atoms with Crippen molar-refractivity contribution in [2.45, 2.75) is 13.0 Å². The Bertz CT molecular complexity index is 970. The summed E-state index contributed by atoms with van der Waals surface area (Å²) in [5.41, 5.74) is 2.40. The molecular formula is C21H20Cl2N4O2. The number of hydrogen-bond donors (Lipinski definition) is 2. The molecule has 0 aliphatic rings. The molecule has 2 aromatic carbocycles. The second kappa shape index (κ2) is 10.1. The van der Waals surface area contributed by atoms with Crippen molar-refractivity contribution in [2.24, 2.45) is 0 Å². The number of rotatable bonds is 8. The van der Waals surface area contributed by atoms with E-state index in [1.54, 1.807) is 24.4 Å². The van der Waals surface area contributed by atoms with Gasteiger partial charge in [-0.05, 0) is 36.2 Å². The lowest BCUT2D eigenvalue weighted by Gasteiger charge is -2.19. The number of nitrogens with zero attached hydrogens (tertiary/aromatic N) is 3. The summed E-state index contributed by atoms with van der Waals surface area (Å²) in [6, 6.07) is 16.5. The van der Waals surface area contributed by atoms with E-state index in [0.717, 1.165) is 11.1 Å². The second-order valence-electron chi connectivity index (χ2n) is 6.36. The van der Waals surface area contributed by atoms with E-state index in [1.807, 2.05) is 36.4 Å². The van der Waals surface area contributed by atoms with Crippen molar-refractivity contribution in [2.75, 3.05) is 18.4 Å². The molecule has 0 unspecified atom stereocenters. The van der Waals surface area contributed by atoms with E-state index in [9.17, 15) is 9.90 Å². The Labute approximate surface area is 179 Å². The van der Waals surface area contributed by atoms with Crippen molar-refractivity contribution in [1.82, 2.24) is 14.9 Å². The van der Waals surface area contributed by atoms with Crippen LogP contribution in [0.25, 0.3) is 11.3 Å². The molecule has 0 saturated heterocycles. The Morgan fingerprint density at radius 2 is 1.90 bits per heavy atom. The number of amides is 1. The van der Waals surface area contributed by atoms with Gasteiger partial charge in [-0.2, -0.15) is 0 Å². The molecule has 1 heterocycles. The van der Waals surface area contributed by atoms with Gasteiger partial charge in [0.25, 0.3) is 0 Å². The average Bonchev–Trinajstić information content (AvgIpc) is 2.71. The minimum Gasteiger partial charge on any atom is -0.465 e. The van der Waals surface area contributed by atoms with Crippen LogP contribution in [0, 0.1) is 0 Å². The third-order valence-corrected chi connectivity index (χ3v) is 4.79. The summed E-state index contributed by atoms with van der Waals surface area (Å²) in [6.45, 7) is 1.30. The van der Waals surface area contributed by atoms with Gasteiger partial charge in [-0.25, -0.2) is 14.8 Å². The lowest BCUT2D eigenvalue weighted by atomic mass is 10.1. The van der Waals surface area contributed by atoms with Gasteiger partial charge in [0, 0.05) is 36.4 Å². The predicted molar refractivity (Wildman–Crippen MR) is 115 cm³/mol. The Morgan fingerprint density at radius 1 is 1.10 bits per heavy atom. The van der Waals surface area contributed by atoms with Gasteiger partial charge in [0.2, 0.25) is 5.95 Å². The molecule has 3 rings (SSSR count). The van der Waals surface area contributed by atoms with E-state index in [4.69, 9.17) is 23.2 Å². The van der Waals surface area contributed by atoms with Gasteiger partial charge < -0.3 is 15.3 Å². The number of hydrogen-bond acceptors (Lipinski definition) is 4. The van der Waals surface area contributed by atoms with Crippen LogP contribution in [0.4, 0.5) is 10.7 Å². The Kier molecular flexibility index (Phi) is 7.27. The van der Waals surface area contributed by atoms with Crippen LogP contribution in [0.3, 0.4) is 0 Å². The lowest BCUT2D eigenvalue weighted by Crippen LogP contribution is -2.31. The van der Waals surface area contributed by atoms with E-state index < -0.39 is 6.09 Å². The molecule has 0 atom stereocenters. The molecule has 0 fully saturated rings. The molecule has 0 aliphatic carbocycles. The molecule has 0 spiro atoms. The SMILES string of the molecule is O=C(O)N(CCCNc1nccc(-c2ccc(Cl)cc2Cl)n1)Cc1ccccc1. The van der Waals surface area contributed by atoms with Crippen molar-refractivity contribution >= 4 is 35.2 Å². The topological polar surface area (TPSA) is 78.4 Å². The van der Waals surface area contributed by atoms with E-state index >= 15 is 0 Å². The molecular weight excluding hydrogens is 411 g/mol. The Morgan fingerprint density at radius 3 is 2.62 bits per heavy atom. The van der Waals surface area contributed by atoms with Crippen LogP contribution in [0.1, 0.15) is 12.0 Å². The first-order valence-corrected chi connectivity index (χ1v) is 9.82. The zero-order valence-corrected chi connectivity index (χ0v) is 17.1. The van der Waals surface area contributed by atoms with Crippen molar-refractivity contribution < 1.29 is 9.90 Å². The van der Waals surface area contributed by atoms with Gasteiger partial charge in [0.05, 0.1) is 10.7 Å². The van der Waals surface area contributed by atoms with Crippen molar-refractivity contribution in [3.8, 4) is 11.3 Å². The minimum absolute atomic E-state index is 0.358. The number of carbonyl (C=O) groups is 1. The van der Waals surface area contributed by atoms with Gasteiger partial charge >= 0.3 is 6.09 Å². The molecule has 0 saturated carbocycles. The minimum atomic E-state index is -0.940. The highest BCUT2D eigenvalue weighted by Crippen LogP contribution is 2.29. The largest absolute Gasteiger partial charge is 0.465 e. The normalized spacial score (nSPS) is 10.6. The zero-order chi connectivity index (χ0) is 20.6. The summed E-state index contributed by atoms with van der Waals surface area (Å²) >= 11 is 12.2. The fourth-order valence-electron chi connectivity index (χ4n) is 2.81. The second-order valence-corrected chi connectivity index (χ2v) is 7.20. The maximum atomic E-state index is 11.5. The van der Waals surface area contributed by atoms with E-state index in [2.05, 4.69) is 15.3 Å². The number of carboxylic acid groups (broad SMARTS) is 1. The maximum absolute atomic E-state index is 11.5. The summed E-state index contributed by atoms with van der Waals surface area (Å²) in [6.07, 6.45) is 1.33. The van der Waals surface area contributed by atoms with Crippen LogP contribution in [-0.2, 0) is 6.54 Å². The first kappa shape index (κ1) is 20.9. The molecule has 0 aliphatic heterocycles. The third-order valence-electron chi connectivity index (χ3n) is 4.24. The van der Waals surface area contributed by atoms with Gasteiger partial charge in [-0.15, -0.1) is 0 Å². The molecule has 6 nitrogen and oxygen atoms in total. The summed E-state index contributed by atoms with van der Waals surface area (Å²) in [5, 5.41) is 13.6. The first-order valence-electron chi connectivity index (χ1n) is 9.07. The number of anilines is 1. The smallest absolute Gasteiger partial charge is 0.407 e. The van der Waals surface area contributed by atoms with Crippen LogP contribution < -0.4 is 5.32 Å². The molecule has 29 heavy (non-hydrogen) atoms. The molecule has 0 radical (unpaired) electrons. The number of halogens is 2. The molecule has 1 amide bonds. The van der Waals surface area contributed by atoms with Gasteiger partial charge in [-0.3, -0.25) is 0 Å². The zero-order valence-electron chi connectivity index (χ0n) is 15.6. The van der Waals surface area contributed by atoms with Crippen LogP contribution in [-0.4, -0.2) is 39.2 Å². The van der Waals surface area contributed by atoms with Gasteiger partial charge in [0.15, 0.2) is 0 Å². The quantitative estimate of drug-likeness (QED) is 0.465. The summed E-state index contributed by atoms with van der Waals surface area (Å²) in [7, 11) is 0. The van der Waals surface area contributed by atoms with Gasteiger partial charge in [-0.1, -0.05) is 53.5 Å². The Balaban J connectivity index is 1.55. The molecule has 150 valence electrons. The molecule has 0 bridgehead atoms. The highest BCUT2D eigenvalue weighted by Gasteiger charge is 2.12. The fraction of sp³-hybridized carbons (Fsp3) is 0.190. The Hall–Kier alpha value is -2.83. The predicted octanol–water partition coefficient (Wildman–Crippen LogP) is 5.43. The number of benzene rings is 2. The van der Waals surface area contributed by atoms with Gasteiger partial charge in [0.1, 0.15) is 0 Å². The maximum Gasteiger partial charge on any atom is 0.407 e. The van der Waals surface area contributed by atoms with Crippen LogP contribution >= 0.6 is 23.2 Å². The number of aromatic nitrogens is 2. The molecule has 2 N–H and O–H groups in total. The standard InChI is InChI=1S/C21H20Cl2N4O2/c22-16-7-8-17(18(23)13-16)19-9-11-25-20(26-19)24-10-4-12-27(21(28)29)14-15-5-2-1-3-6-15/h1-3,5-9,11,13H,4,10,12,14H2,(H,28,29)(H,24,25,26). The molecule has 1 aromatic heterocycles. The van der Waals surface area contributed by atoms with Crippen LogP contribution in [0.15, 0.2) is 60.8 Å². The lowest BCUT2D eigenvalue weighted by molar-refractivity contribution is 0.142. The first-order chi connectivity index (χ1) is 14.0. The summed E-state index contributed by atoms with van der Waals surface area (Å²) in [4.78, 5) is 21.6.